The molecular formula is C27H34N4O5. The SMILES string of the molecule is CCOC(=O)c1[nH]c2cc(OC)c(OC)cc2c1NC(=O)[C@@H](C)N1CCN(Cc2ccccc2)CC1. The number of aromatic amines is 1. The number of carbonyl (C=O) groups is 2. The highest BCUT2D eigenvalue weighted by molar-refractivity contribution is 6.12. The average Bonchev–Trinajstić information content (AvgIpc) is 3.25. The molecule has 1 saturated heterocycles. The molecule has 36 heavy (non-hydrogen) atoms. The van der Waals surface area contributed by atoms with Gasteiger partial charge in [0, 0.05) is 44.2 Å². The number of anilines is 1. The zero-order valence-electron chi connectivity index (χ0n) is 21.3. The molecule has 0 radical (unpaired) electrons. The van der Waals surface area contributed by atoms with Crippen LogP contribution in [0.3, 0.4) is 0 Å². The molecule has 4 rings (SSSR count). The third kappa shape index (κ3) is 5.47. The smallest absolute Gasteiger partial charge is 0.356 e. The lowest BCUT2D eigenvalue weighted by Crippen LogP contribution is -2.52. The van der Waals surface area contributed by atoms with Gasteiger partial charge in [0.05, 0.1) is 38.1 Å². The molecule has 2 aromatic carbocycles. The first-order valence-electron chi connectivity index (χ1n) is 12.2. The topological polar surface area (TPSA) is 96.1 Å². The molecule has 1 fully saturated rings. The maximum atomic E-state index is 13.3. The minimum absolute atomic E-state index is 0.187. The summed E-state index contributed by atoms with van der Waals surface area (Å²) in [5.74, 6) is 0.288. The minimum Gasteiger partial charge on any atom is -0.493 e. The van der Waals surface area contributed by atoms with E-state index in [1.54, 1.807) is 33.3 Å². The minimum atomic E-state index is -0.538. The van der Waals surface area contributed by atoms with E-state index in [0.717, 1.165) is 32.7 Å². The Labute approximate surface area is 211 Å². The van der Waals surface area contributed by atoms with E-state index in [-0.39, 0.29) is 24.2 Å². The number of aromatic nitrogens is 1. The highest BCUT2D eigenvalue weighted by atomic mass is 16.5. The van der Waals surface area contributed by atoms with Gasteiger partial charge in [-0.2, -0.15) is 0 Å². The number of fused-ring (bicyclic) bond motifs is 1. The molecule has 0 aliphatic carbocycles. The number of esters is 1. The second kappa shape index (κ2) is 11.5. The van der Waals surface area contributed by atoms with E-state index in [0.29, 0.717) is 28.1 Å². The summed E-state index contributed by atoms with van der Waals surface area (Å²) in [6.07, 6.45) is 0. The highest BCUT2D eigenvalue weighted by Gasteiger charge is 2.28. The Morgan fingerprint density at radius 1 is 1.03 bits per heavy atom. The van der Waals surface area contributed by atoms with Crippen molar-refractivity contribution in [2.45, 2.75) is 26.4 Å². The Kier molecular flexibility index (Phi) is 8.12. The average molecular weight is 495 g/mol. The van der Waals surface area contributed by atoms with Crippen molar-refractivity contribution >= 4 is 28.5 Å². The molecule has 3 aromatic rings. The molecule has 0 spiro atoms. The van der Waals surface area contributed by atoms with Gasteiger partial charge in [-0.05, 0) is 25.5 Å². The van der Waals surface area contributed by atoms with Gasteiger partial charge in [0.2, 0.25) is 5.91 Å². The molecule has 0 unspecified atom stereocenters. The molecule has 1 atom stereocenters. The van der Waals surface area contributed by atoms with Gasteiger partial charge in [0.25, 0.3) is 0 Å². The Hall–Kier alpha value is -3.56. The molecule has 9 heteroatoms. The van der Waals surface area contributed by atoms with Gasteiger partial charge in [0.1, 0.15) is 5.69 Å². The molecule has 2 heterocycles. The first-order valence-corrected chi connectivity index (χ1v) is 12.2. The van der Waals surface area contributed by atoms with E-state index < -0.39 is 5.97 Å². The van der Waals surface area contributed by atoms with Crippen molar-refractivity contribution in [3.8, 4) is 11.5 Å². The summed E-state index contributed by atoms with van der Waals surface area (Å²) in [4.78, 5) is 33.7. The number of ether oxygens (including phenoxy) is 3. The number of hydrogen-bond donors (Lipinski definition) is 2. The van der Waals surface area contributed by atoms with Crippen LogP contribution in [0.25, 0.3) is 10.9 Å². The zero-order chi connectivity index (χ0) is 25.7. The summed E-state index contributed by atoms with van der Waals surface area (Å²) >= 11 is 0. The van der Waals surface area contributed by atoms with Gasteiger partial charge in [0.15, 0.2) is 11.5 Å². The maximum absolute atomic E-state index is 13.3. The van der Waals surface area contributed by atoms with Crippen molar-refractivity contribution in [3.05, 3.63) is 53.7 Å². The summed E-state index contributed by atoms with van der Waals surface area (Å²) < 4.78 is 16.1. The fraction of sp³-hybridized carbons (Fsp3) is 0.407. The molecule has 1 aromatic heterocycles. The zero-order valence-corrected chi connectivity index (χ0v) is 21.3. The standard InChI is InChI=1S/C27H34N4O5/c1-5-36-27(33)25-24(20-15-22(34-3)23(35-4)16-21(20)28-25)29-26(32)18(2)31-13-11-30(12-14-31)17-19-9-7-6-8-10-19/h6-10,15-16,18,28H,5,11-14,17H2,1-4H3,(H,29,32)/t18-/m1/s1. The van der Waals surface area contributed by atoms with Crippen LogP contribution < -0.4 is 14.8 Å². The lowest BCUT2D eigenvalue weighted by Gasteiger charge is -2.37. The number of rotatable bonds is 9. The van der Waals surface area contributed by atoms with Gasteiger partial charge in [-0.15, -0.1) is 0 Å². The van der Waals surface area contributed by atoms with E-state index >= 15 is 0 Å². The van der Waals surface area contributed by atoms with Crippen LogP contribution in [0.15, 0.2) is 42.5 Å². The molecule has 0 bridgehead atoms. The first kappa shape index (κ1) is 25.5. The molecular weight excluding hydrogens is 460 g/mol. The predicted molar refractivity (Wildman–Crippen MR) is 139 cm³/mol. The van der Waals surface area contributed by atoms with Gasteiger partial charge >= 0.3 is 5.97 Å². The quantitative estimate of drug-likeness (QED) is 0.440. The van der Waals surface area contributed by atoms with E-state index in [1.165, 1.54) is 5.56 Å². The van der Waals surface area contributed by atoms with Crippen LogP contribution in [0, 0.1) is 0 Å². The number of benzene rings is 2. The molecule has 192 valence electrons. The maximum Gasteiger partial charge on any atom is 0.356 e. The summed E-state index contributed by atoms with van der Waals surface area (Å²) in [7, 11) is 3.09. The summed E-state index contributed by atoms with van der Waals surface area (Å²) in [6.45, 7) is 8.08. The van der Waals surface area contributed by atoms with Crippen molar-refractivity contribution < 1.29 is 23.8 Å². The number of nitrogens with one attached hydrogen (secondary N) is 2. The van der Waals surface area contributed by atoms with Crippen LogP contribution in [0.5, 0.6) is 11.5 Å². The molecule has 1 aliphatic rings. The Balaban J connectivity index is 1.50. The number of piperazine rings is 1. The fourth-order valence-electron chi connectivity index (χ4n) is 4.55. The van der Waals surface area contributed by atoms with Crippen molar-refractivity contribution in [3.63, 3.8) is 0 Å². The summed E-state index contributed by atoms with van der Waals surface area (Å²) in [5, 5.41) is 3.63. The van der Waals surface area contributed by atoms with Crippen LogP contribution in [-0.4, -0.2) is 79.7 Å². The Morgan fingerprint density at radius 2 is 1.69 bits per heavy atom. The van der Waals surface area contributed by atoms with Crippen molar-refractivity contribution in [2.24, 2.45) is 0 Å². The molecule has 1 amide bonds. The van der Waals surface area contributed by atoms with Crippen LogP contribution in [0.2, 0.25) is 0 Å². The number of amides is 1. The normalized spacial score (nSPS) is 15.4. The lowest BCUT2D eigenvalue weighted by atomic mass is 10.1. The molecule has 9 nitrogen and oxygen atoms in total. The van der Waals surface area contributed by atoms with Crippen LogP contribution in [0.4, 0.5) is 5.69 Å². The molecule has 0 saturated carbocycles. The van der Waals surface area contributed by atoms with Crippen LogP contribution >= 0.6 is 0 Å². The third-order valence-electron chi connectivity index (χ3n) is 6.61. The first-order chi connectivity index (χ1) is 17.4. The molecule has 2 N–H and O–H groups in total. The van der Waals surface area contributed by atoms with Gasteiger partial charge in [-0.25, -0.2) is 4.79 Å². The van der Waals surface area contributed by atoms with Gasteiger partial charge in [-0.1, -0.05) is 30.3 Å². The van der Waals surface area contributed by atoms with Crippen LogP contribution in [0.1, 0.15) is 29.9 Å². The van der Waals surface area contributed by atoms with Crippen molar-refractivity contribution in [1.29, 1.82) is 0 Å². The summed E-state index contributed by atoms with van der Waals surface area (Å²) in [5.41, 5.74) is 2.49. The number of nitrogens with zero attached hydrogens (tertiary/aromatic N) is 2. The number of H-pyrrole nitrogens is 1. The lowest BCUT2D eigenvalue weighted by molar-refractivity contribution is -0.121. The number of carbonyl (C=O) groups excluding carboxylic acids is 2. The van der Waals surface area contributed by atoms with E-state index in [2.05, 4.69) is 44.4 Å². The summed E-state index contributed by atoms with van der Waals surface area (Å²) in [6, 6.07) is 13.5. The largest absolute Gasteiger partial charge is 0.493 e. The second-order valence-electron chi connectivity index (χ2n) is 8.81. The van der Waals surface area contributed by atoms with Gasteiger partial charge in [-0.3, -0.25) is 14.6 Å². The fourth-order valence-corrected chi connectivity index (χ4v) is 4.55. The predicted octanol–water partition coefficient (Wildman–Crippen LogP) is 3.51. The number of methoxy groups -OCH3 is 2. The Morgan fingerprint density at radius 3 is 2.33 bits per heavy atom. The highest BCUT2D eigenvalue weighted by Crippen LogP contribution is 2.37. The van der Waals surface area contributed by atoms with Crippen molar-refractivity contribution in [2.75, 3.05) is 52.3 Å². The van der Waals surface area contributed by atoms with Gasteiger partial charge < -0.3 is 24.5 Å². The monoisotopic (exact) mass is 494 g/mol. The Bertz CT molecular complexity index is 1200. The van der Waals surface area contributed by atoms with E-state index in [1.807, 2.05) is 13.0 Å². The van der Waals surface area contributed by atoms with Crippen molar-refractivity contribution in [1.82, 2.24) is 14.8 Å². The molecule has 1 aliphatic heterocycles. The second-order valence-corrected chi connectivity index (χ2v) is 8.81. The third-order valence-corrected chi connectivity index (χ3v) is 6.61. The number of hydrogen-bond acceptors (Lipinski definition) is 7. The van der Waals surface area contributed by atoms with E-state index in [9.17, 15) is 9.59 Å². The van der Waals surface area contributed by atoms with Crippen LogP contribution in [-0.2, 0) is 16.1 Å². The van der Waals surface area contributed by atoms with E-state index in [4.69, 9.17) is 14.2 Å².